The van der Waals surface area contributed by atoms with E-state index in [4.69, 9.17) is 13.3 Å². The number of rotatable bonds is 8. The lowest BCUT2D eigenvalue weighted by atomic mass is 10.2. The molecule has 0 N–H and O–H groups in total. The van der Waals surface area contributed by atoms with Crippen molar-refractivity contribution in [3.63, 3.8) is 0 Å². The minimum atomic E-state index is -3.58. The summed E-state index contributed by atoms with van der Waals surface area (Å²) in [5, 5.41) is 0. The summed E-state index contributed by atoms with van der Waals surface area (Å²) in [5.74, 6) is -1.13. The molecule has 22 heavy (non-hydrogen) atoms. The van der Waals surface area contributed by atoms with Gasteiger partial charge in [0.25, 0.3) is 10.1 Å². The second-order valence-corrected chi connectivity index (χ2v) is 14.3. The van der Waals surface area contributed by atoms with Gasteiger partial charge >= 0.3 is 0 Å². The summed E-state index contributed by atoms with van der Waals surface area (Å²) in [6, 6.07) is 0. The molecule has 5 nitrogen and oxygen atoms in total. The maximum Gasteiger partial charge on any atom is 0.267 e. The second-order valence-electron chi connectivity index (χ2n) is 7.26. The van der Waals surface area contributed by atoms with E-state index >= 15 is 0 Å². The average Bonchev–Trinajstić information content (AvgIpc) is 2.74. The normalized spacial score (nSPS) is 23.9. The average molecular weight is 353 g/mol. The standard InChI is InChI=1S/C15H32O5SSi/c1-12(2)22(13(3)4,14(5)6)19-11-15(9-8-10-18-15)20-21(7,16)17/h12-14H,8-11H2,1-7H3. The van der Waals surface area contributed by atoms with E-state index in [0.29, 0.717) is 29.7 Å². The number of hydrogen-bond acceptors (Lipinski definition) is 5. The van der Waals surface area contributed by atoms with E-state index in [1.54, 1.807) is 0 Å². The zero-order chi connectivity index (χ0) is 17.2. The Morgan fingerprint density at radius 2 is 1.59 bits per heavy atom. The summed E-state index contributed by atoms with van der Waals surface area (Å²) in [5.41, 5.74) is 1.30. The minimum Gasteiger partial charge on any atom is -0.410 e. The molecule has 1 heterocycles. The molecular weight excluding hydrogens is 320 g/mol. The van der Waals surface area contributed by atoms with Crippen LogP contribution in [0.5, 0.6) is 0 Å². The molecule has 0 spiro atoms. The van der Waals surface area contributed by atoms with Gasteiger partial charge in [-0.25, -0.2) is 4.18 Å². The topological polar surface area (TPSA) is 61.8 Å². The Bertz CT molecular complexity index is 431. The molecule has 132 valence electrons. The van der Waals surface area contributed by atoms with Gasteiger partial charge in [0.05, 0.1) is 19.5 Å². The molecule has 0 aromatic rings. The van der Waals surface area contributed by atoms with Crippen molar-refractivity contribution in [2.75, 3.05) is 19.5 Å². The molecule has 0 aliphatic carbocycles. The highest BCUT2D eigenvalue weighted by atomic mass is 32.2. The summed E-state index contributed by atoms with van der Waals surface area (Å²) in [6.07, 6.45) is 2.41. The molecule has 0 saturated carbocycles. The lowest BCUT2D eigenvalue weighted by Crippen LogP contribution is -2.52. The largest absolute Gasteiger partial charge is 0.410 e. The van der Waals surface area contributed by atoms with E-state index in [-0.39, 0.29) is 6.61 Å². The molecule has 0 amide bonds. The predicted molar refractivity (Wildman–Crippen MR) is 90.8 cm³/mol. The molecule has 7 heteroatoms. The smallest absolute Gasteiger partial charge is 0.267 e. The van der Waals surface area contributed by atoms with Crippen LogP contribution in [0.25, 0.3) is 0 Å². The van der Waals surface area contributed by atoms with Gasteiger partial charge < -0.3 is 9.16 Å². The Balaban J connectivity index is 2.99. The van der Waals surface area contributed by atoms with Crippen LogP contribution in [0, 0.1) is 0 Å². The highest BCUT2D eigenvalue weighted by Crippen LogP contribution is 2.43. The van der Waals surface area contributed by atoms with Crippen LogP contribution in [0.2, 0.25) is 16.6 Å². The minimum absolute atomic E-state index is 0.195. The zero-order valence-electron chi connectivity index (χ0n) is 15.0. The molecule has 0 aromatic carbocycles. The number of ether oxygens (including phenoxy) is 1. The Morgan fingerprint density at radius 1 is 1.09 bits per heavy atom. The highest BCUT2D eigenvalue weighted by Gasteiger charge is 2.49. The summed E-state index contributed by atoms with van der Waals surface area (Å²) in [6.45, 7) is 13.9. The van der Waals surface area contributed by atoms with Gasteiger partial charge in [-0.3, -0.25) is 0 Å². The van der Waals surface area contributed by atoms with Crippen LogP contribution in [0.4, 0.5) is 0 Å². The van der Waals surface area contributed by atoms with Crippen LogP contribution in [0.15, 0.2) is 0 Å². The Labute approximate surface area is 137 Å². The third-order valence-corrected chi connectivity index (χ3v) is 11.3. The SMILES string of the molecule is CC(C)[Si](OCC1(OS(C)(=O)=O)CCCO1)(C(C)C)C(C)C. The van der Waals surface area contributed by atoms with Crippen LogP contribution in [0.1, 0.15) is 54.4 Å². The van der Waals surface area contributed by atoms with Gasteiger partial charge in [-0.05, 0) is 23.0 Å². The molecule has 1 aliphatic rings. The fraction of sp³-hybridized carbons (Fsp3) is 1.00. The monoisotopic (exact) mass is 352 g/mol. The Morgan fingerprint density at radius 3 is 1.91 bits per heavy atom. The zero-order valence-corrected chi connectivity index (χ0v) is 16.8. The first-order valence-electron chi connectivity index (χ1n) is 8.14. The van der Waals surface area contributed by atoms with E-state index in [1.807, 2.05) is 0 Å². The maximum absolute atomic E-state index is 11.6. The Kier molecular flexibility index (Phi) is 6.66. The lowest BCUT2D eigenvalue weighted by Gasteiger charge is -2.44. The molecule has 1 aliphatic heterocycles. The fourth-order valence-corrected chi connectivity index (χ4v) is 10.1. The van der Waals surface area contributed by atoms with Crippen molar-refractivity contribution >= 4 is 18.4 Å². The van der Waals surface area contributed by atoms with Crippen molar-refractivity contribution in [2.24, 2.45) is 0 Å². The molecular formula is C15H32O5SSi. The highest BCUT2D eigenvalue weighted by molar-refractivity contribution is 7.86. The Hall–Kier alpha value is 0.0469. The quantitative estimate of drug-likeness (QED) is 0.493. The first-order chi connectivity index (χ1) is 9.95. The van der Waals surface area contributed by atoms with Crippen molar-refractivity contribution in [2.45, 2.75) is 76.8 Å². The first-order valence-corrected chi connectivity index (χ1v) is 12.1. The van der Waals surface area contributed by atoms with E-state index in [1.165, 1.54) is 0 Å². The third-order valence-electron chi connectivity index (χ3n) is 4.62. The summed E-state index contributed by atoms with van der Waals surface area (Å²) in [4.78, 5) is 0. The number of hydrogen-bond donors (Lipinski definition) is 0. The van der Waals surface area contributed by atoms with Gasteiger partial charge in [0.1, 0.15) is 0 Å². The molecule has 1 rings (SSSR count). The molecule has 1 fully saturated rings. The van der Waals surface area contributed by atoms with Crippen molar-refractivity contribution in [3.05, 3.63) is 0 Å². The predicted octanol–water partition coefficient (Wildman–Crippen LogP) is 3.66. The van der Waals surface area contributed by atoms with E-state index in [2.05, 4.69) is 41.5 Å². The van der Waals surface area contributed by atoms with E-state index in [0.717, 1.165) is 12.7 Å². The van der Waals surface area contributed by atoms with Crippen molar-refractivity contribution < 1.29 is 21.8 Å². The van der Waals surface area contributed by atoms with E-state index < -0.39 is 24.2 Å². The van der Waals surface area contributed by atoms with Crippen LogP contribution in [0.3, 0.4) is 0 Å². The van der Waals surface area contributed by atoms with Gasteiger partial charge in [0, 0.05) is 6.42 Å². The maximum atomic E-state index is 11.6. The van der Waals surface area contributed by atoms with Crippen LogP contribution in [-0.4, -0.2) is 42.0 Å². The van der Waals surface area contributed by atoms with Crippen molar-refractivity contribution in [3.8, 4) is 0 Å². The van der Waals surface area contributed by atoms with E-state index in [9.17, 15) is 8.42 Å². The molecule has 1 saturated heterocycles. The molecule has 1 atom stereocenters. The fourth-order valence-electron chi connectivity index (χ4n) is 3.89. The van der Waals surface area contributed by atoms with Crippen molar-refractivity contribution in [1.82, 2.24) is 0 Å². The first kappa shape index (κ1) is 20.1. The summed E-state index contributed by atoms with van der Waals surface area (Å²) in [7, 11) is -5.66. The van der Waals surface area contributed by atoms with Gasteiger partial charge in [-0.2, -0.15) is 8.42 Å². The molecule has 0 radical (unpaired) electrons. The van der Waals surface area contributed by atoms with Crippen LogP contribution >= 0.6 is 0 Å². The lowest BCUT2D eigenvalue weighted by molar-refractivity contribution is -0.168. The second kappa shape index (κ2) is 7.30. The van der Waals surface area contributed by atoms with Gasteiger partial charge in [0.15, 0.2) is 0 Å². The van der Waals surface area contributed by atoms with Crippen LogP contribution < -0.4 is 0 Å². The van der Waals surface area contributed by atoms with Gasteiger partial charge in [-0.15, -0.1) is 0 Å². The van der Waals surface area contributed by atoms with Crippen LogP contribution in [-0.2, 0) is 23.5 Å². The molecule has 1 unspecified atom stereocenters. The van der Waals surface area contributed by atoms with Gasteiger partial charge in [0.2, 0.25) is 14.1 Å². The van der Waals surface area contributed by atoms with Crippen molar-refractivity contribution in [1.29, 1.82) is 0 Å². The summed E-state index contributed by atoms with van der Waals surface area (Å²) >= 11 is 0. The summed E-state index contributed by atoms with van der Waals surface area (Å²) < 4.78 is 40.5. The molecule has 0 bridgehead atoms. The third kappa shape index (κ3) is 4.53. The molecule has 0 aromatic heterocycles. The van der Waals surface area contributed by atoms with Gasteiger partial charge in [-0.1, -0.05) is 41.5 Å².